The van der Waals surface area contributed by atoms with Crippen LogP contribution < -0.4 is 0 Å². The Morgan fingerprint density at radius 1 is 1.31 bits per heavy atom. The first-order valence-electron chi connectivity index (χ1n) is 4.67. The van der Waals surface area contributed by atoms with Gasteiger partial charge in [-0.05, 0) is 39.7 Å². The molecule has 2 rings (SSSR count). The summed E-state index contributed by atoms with van der Waals surface area (Å²) in [5.74, 6) is -0.233. The van der Waals surface area contributed by atoms with Crippen LogP contribution in [0.25, 0.3) is 0 Å². The lowest BCUT2D eigenvalue weighted by atomic mass is 10.1. The van der Waals surface area contributed by atoms with Gasteiger partial charge in [-0.1, -0.05) is 12.1 Å². The highest BCUT2D eigenvalue weighted by Crippen LogP contribution is 2.21. The van der Waals surface area contributed by atoms with Gasteiger partial charge in [0.15, 0.2) is 5.78 Å². The smallest absolute Gasteiger partial charge is 0.168 e. The van der Waals surface area contributed by atoms with Crippen molar-refractivity contribution >= 4 is 33.0 Å². The number of thiophene rings is 1. The maximum absolute atomic E-state index is 12.7. The predicted octanol–water partition coefficient (Wildman–Crippen LogP) is 4.08. The molecule has 0 saturated carbocycles. The Bertz CT molecular complexity index is 504. The standard InChI is InChI=1S/C12H8BrFOS/c13-12-6-9(7-16-12)11(15)5-8-1-3-10(14)4-2-8/h1-4,6-7H,5H2. The third-order valence-corrected chi connectivity index (χ3v) is 3.67. The molecule has 0 amide bonds. The van der Waals surface area contributed by atoms with E-state index in [2.05, 4.69) is 15.9 Å². The molecule has 0 N–H and O–H groups in total. The molecule has 0 radical (unpaired) electrons. The molecule has 1 aromatic heterocycles. The van der Waals surface area contributed by atoms with E-state index >= 15 is 0 Å². The number of hydrogen-bond donors (Lipinski definition) is 0. The first kappa shape index (κ1) is 11.5. The number of carbonyl (C=O) groups excluding carboxylic acids is 1. The lowest BCUT2D eigenvalue weighted by molar-refractivity contribution is 0.0993. The number of halogens is 2. The van der Waals surface area contributed by atoms with E-state index in [9.17, 15) is 9.18 Å². The second-order valence-corrected chi connectivity index (χ2v) is 5.66. The lowest BCUT2D eigenvalue weighted by Gasteiger charge is -1.98. The first-order valence-corrected chi connectivity index (χ1v) is 6.34. The van der Waals surface area contributed by atoms with Crippen molar-refractivity contribution in [3.8, 4) is 0 Å². The molecule has 1 nitrogen and oxygen atoms in total. The predicted molar refractivity (Wildman–Crippen MR) is 66.5 cm³/mol. The van der Waals surface area contributed by atoms with Gasteiger partial charge in [0.2, 0.25) is 0 Å². The van der Waals surface area contributed by atoms with Gasteiger partial charge in [0.25, 0.3) is 0 Å². The van der Waals surface area contributed by atoms with Crippen molar-refractivity contribution in [3.63, 3.8) is 0 Å². The van der Waals surface area contributed by atoms with Crippen LogP contribution in [0.15, 0.2) is 39.5 Å². The van der Waals surface area contributed by atoms with Gasteiger partial charge in [-0.25, -0.2) is 4.39 Å². The van der Waals surface area contributed by atoms with Crippen LogP contribution in [-0.4, -0.2) is 5.78 Å². The molecule has 4 heteroatoms. The number of rotatable bonds is 3. The van der Waals surface area contributed by atoms with E-state index in [1.807, 2.05) is 5.38 Å². The average molecular weight is 299 g/mol. The molecule has 0 atom stereocenters. The fraction of sp³-hybridized carbons (Fsp3) is 0.0833. The van der Waals surface area contributed by atoms with E-state index in [0.29, 0.717) is 12.0 Å². The van der Waals surface area contributed by atoms with Crippen molar-refractivity contribution < 1.29 is 9.18 Å². The normalized spacial score (nSPS) is 10.4. The van der Waals surface area contributed by atoms with Crippen LogP contribution in [0, 0.1) is 5.82 Å². The molecule has 0 unspecified atom stereocenters. The van der Waals surface area contributed by atoms with Crippen LogP contribution in [0.1, 0.15) is 15.9 Å². The summed E-state index contributed by atoms with van der Waals surface area (Å²) in [5, 5.41) is 1.82. The molecule has 0 saturated heterocycles. The van der Waals surface area contributed by atoms with Crippen molar-refractivity contribution in [2.75, 3.05) is 0 Å². The zero-order valence-electron chi connectivity index (χ0n) is 8.24. The average Bonchev–Trinajstić information content (AvgIpc) is 2.68. The first-order chi connectivity index (χ1) is 7.65. The fourth-order valence-electron chi connectivity index (χ4n) is 1.35. The molecular formula is C12H8BrFOS. The minimum absolute atomic E-state index is 0.0496. The van der Waals surface area contributed by atoms with Crippen LogP contribution in [-0.2, 0) is 6.42 Å². The largest absolute Gasteiger partial charge is 0.294 e. The van der Waals surface area contributed by atoms with E-state index < -0.39 is 0 Å². The molecule has 1 heterocycles. The summed E-state index contributed by atoms with van der Waals surface area (Å²) in [6.45, 7) is 0. The van der Waals surface area contributed by atoms with Gasteiger partial charge in [0.1, 0.15) is 5.82 Å². The van der Waals surface area contributed by atoms with Crippen molar-refractivity contribution in [1.29, 1.82) is 0 Å². The van der Waals surface area contributed by atoms with Crippen molar-refractivity contribution in [2.24, 2.45) is 0 Å². The Kier molecular flexibility index (Phi) is 3.51. The number of Topliss-reactive ketones (excluding diaryl/α,β-unsaturated/α-hetero) is 1. The van der Waals surface area contributed by atoms with E-state index in [0.717, 1.165) is 9.35 Å². The third-order valence-electron chi connectivity index (χ3n) is 2.17. The third kappa shape index (κ3) is 2.77. The molecule has 1 aromatic carbocycles. The van der Waals surface area contributed by atoms with Gasteiger partial charge >= 0.3 is 0 Å². The minimum Gasteiger partial charge on any atom is -0.294 e. The Morgan fingerprint density at radius 3 is 2.56 bits per heavy atom. The molecule has 0 fully saturated rings. The lowest BCUT2D eigenvalue weighted by Crippen LogP contribution is -2.01. The van der Waals surface area contributed by atoms with Gasteiger partial charge in [0, 0.05) is 17.4 Å². The van der Waals surface area contributed by atoms with Crippen molar-refractivity contribution in [3.05, 3.63) is 56.4 Å². The Hall–Kier alpha value is -1.00. The highest BCUT2D eigenvalue weighted by atomic mass is 79.9. The van der Waals surface area contributed by atoms with Gasteiger partial charge in [0.05, 0.1) is 3.79 Å². The summed E-state index contributed by atoms with van der Waals surface area (Å²) in [4.78, 5) is 11.8. The van der Waals surface area contributed by atoms with Crippen LogP contribution >= 0.6 is 27.3 Å². The number of ketones is 1. The van der Waals surface area contributed by atoms with Crippen LogP contribution in [0.4, 0.5) is 4.39 Å². The minimum atomic E-state index is -0.283. The van der Waals surface area contributed by atoms with E-state index in [1.165, 1.54) is 23.5 Å². The van der Waals surface area contributed by atoms with Gasteiger partial charge in [-0.3, -0.25) is 4.79 Å². The molecule has 0 aliphatic rings. The molecule has 82 valence electrons. The fourth-order valence-corrected chi connectivity index (χ4v) is 2.51. The molecule has 0 spiro atoms. The van der Waals surface area contributed by atoms with Crippen LogP contribution in [0.2, 0.25) is 0 Å². The summed E-state index contributed by atoms with van der Waals surface area (Å²) in [7, 11) is 0. The maximum atomic E-state index is 12.7. The number of benzene rings is 1. The summed E-state index contributed by atoms with van der Waals surface area (Å²) < 4.78 is 13.6. The maximum Gasteiger partial charge on any atom is 0.168 e. The SMILES string of the molecule is O=C(Cc1ccc(F)cc1)c1csc(Br)c1. The van der Waals surface area contributed by atoms with Crippen LogP contribution in [0.5, 0.6) is 0 Å². The summed E-state index contributed by atoms with van der Waals surface area (Å²) in [6, 6.07) is 7.80. The van der Waals surface area contributed by atoms with Crippen LogP contribution in [0.3, 0.4) is 0 Å². The molecular weight excluding hydrogens is 291 g/mol. The van der Waals surface area contributed by atoms with Crippen molar-refractivity contribution in [2.45, 2.75) is 6.42 Å². The van der Waals surface area contributed by atoms with Gasteiger partial charge in [-0.2, -0.15) is 0 Å². The molecule has 0 bridgehead atoms. The molecule has 2 aromatic rings. The summed E-state index contributed by atoms with van der Waals surface area (Å²) in [5.41, 5.74) is 1.52. The topological polar surface area (TPSA) is 17.1 Å². The van der Waals surface area contributed by atoms with Gasteiger partial charge < -0.3 is 0 Å². The second kappa shape index (κ2) is 4.89. The van der Waals surface area contributed by atoms with E-state index in [1.54, 1.807) is 18.2 Å². The highest BCUT2D eigenvalue weighted by Gasteiger charge is 2.08. The number of carbonyl (C=O) groups is 1. The molecule has 0 aliphatic heterocycles. The molecule has 0 aliphatic carbocycles. The zero-order chi connectivity index (χ0) is 11.5. The summed E-state index contributed by atoms with van der Waals surface area (Å²) >= 11 is 4.79. The van der Waals surface area contributed by atoms with E-state index in [4.69, 9.17) is 0 Å². The monoisotopic (exact) mass is 298 g/mol. The van der Waals surface area contributed by atoms with Crippen molar-refractivity contribution in [1.82, 2.24) is 0 Å². The second-order valence-electron chi connectivity index (χ2n) is 3.37. The Labute approximate surface area is 105 Å². The van der Waals surface area contributed by atoms with E-state index in [-0.39, 0.29) is 11.6 Å². The Morgan fingerprint density at radius 2 is 2.00 bits per heavy atom. The quantitative estimate of drug-likeness (QED) is 0.781. The molecule has 16 heavy (non-hydrogen) atoms. The summed E-state index contributed by atoms with van der Waals surface area (Å²) in [6.07, 6.45) is 0.309. The van der Waals surface area contributed by atoms with Gasteiger partial charge in [-0.15, -0.1) is 11.3 Å². The highest BCUT2D eigenvalue weighted by molar-refractivity contribution is 9.11. The number of hydrogen-bond acceptors (Lipinski definition) is 2. The zero-order valence-corrected chi connectivity index (χ0v) is 10.6. The Balaban J connectivity index is 2.10.